The van der Waals surface area contributed by atoms with Crippen LogP contribution >= 0.6 is 0 Å². The molecule has 7 nitrogen and oxygen atoms in total. The Morgan fingerprint density at radius 3 is 2.92 bits per heavy atom. The summed E-state index contributed by atoms with van der Waals surface area (Å²) in [5, 5.41) is 5.98. The number of aromatic nitrogens is 1. The molecule has 2 heterocycles. The molecule has 2 N–H and O–H groups in total. The van der Waals surface area contributed by atoms with Crippen molar-refractivity contribution in [1.29, 1.82) is 0 Å². The molecule has 1 aromatic carbocycles. The van der Waals surface area contributed by atoms with Gasteiger partial charge in [-0.15, -0.1) is 0 Å². The van der Waals surface area contributed by atoms with Crippen LogP contribution in [0.2, 0.25) is 0 Å². The minimum atomic E-state index is -0.453. The number of benzene rings is 1. The number of nitrogens with one attached hydrogen (secondary N) is 2. The number of anilines is 2. The number of carbonyl (C=O) groups excluding carboxylic acids is 2. The van der Waals surface area contributed by atoms with Gasteiger partial charge in [0.2, 0.25) is 0 Å². The largest absolute Gasteiger partial charge is 0.465 e. The molecule has 1 fully saturated rings. The molecule has 1 aromatic heterocycles. The smallest absolute Gasteiger partial charge is 0.337 e. The average molecular weight is 355 g/mol. The molecular formula is C19H21N3O4. The molecule has 0 aliphatic carbocycles. The van der Waals surface area contributed by atoms with Crippen LogP contribution in [0.1, 0.15) is 33.6 Å². The first-order valence-electron chi connectivity index (χ1n) is 8.47. The molecule has 0 spiro atoms. The van der Waals surface area contributed by atoms with E-state index in [1.165, 1.54) is 7.11 Å². The standard InChI is InChI=1S/C19H21N3O4/c1-25-19(24)14-4-2-5-15(10-14)22-18(23)13-7-8-20-17(11-13)21-12-16-6-3-9-26-16/h2,4-5,7-8,10-11,16H,3,6,9,12H2,1H3,(H,20,21)(H,22,23). The van der Waals surface area contributed by atoms with Crippen molar-refractivity contribution in [3.05, 3.63) is 53.7 Å². The molecule has 1 amide bonds. The quantitative estimate of drug-likeness (QED) is 0.775. The van der Waals surface area contributed by atoms with Crippen LogP contribution in [0.25, 0.3) is 0 Å². The number of hydrogen-bond acceptors (Lipinski definition) is 6. The van der Waals surface area contributed by atoms with Crippen LogP contribution < -0.4 is 10.6 Å². The van der Waals surface area contributed by atoms with Crippen LogP contribution in [0, 0.1) is 0 Å². The second-order valence-corrected chi connectivity index (χ2v) is 5.97. The lowest BCUT2D eigenvalue weighted by atomic mass is 10.2. The first-order chi connectivity index (χ1) is 12.7. The van der Waals surface area contributed by atoms with E-state index in [0.717, 1.165) is 19.4 Å². The lowest BCUT2D eigenvalue weighted by Crippen LogP contribution is -2.19. The first-order valence-corrected chi connectivity index (χ1v) is 8.47. The van der Waals surface area contributed by atoms with Crippen LogP contribution in [0.15, 0.2) is 42.6 Å². The van der Waals surface area contributed by atoms with E-state index in [0.29, 0.717) is 29.2 Å². The minimum Gasteiger partial charge on any atom is -0.465 e. The summed E-state index contributed by atoms with van der Waals surface area (Å²) in [6.07, 6.45) is 3.88. The van der Waals surface area contributed by atoms with Gasteiger partial charge in [-0.3, -0.25) is 4.79 Å². The van der Waals surface area contributed by atoms with Gasteiger partial charge in [-0.2, -0.15) is 0 Å². The normalized spacial score (nSPS) is 16.1. The first kappa shape index (κ1) is 17.9. The van der Waals surface area contributed by atoms with Gasteiger partial charge in [0.25, 0.3) is 5.91 Å². The lowest BCUT2D eigenvalue weighted by Gasteiger charge is -2.12. The Balaban J connectivity index is 1.64. The molecule has 0 bridgehead atoms. The Bertz CT molecular complexity index is 788. The van der Waals surface area contributed by atoms with Crippen LogP contribution in [0.5, 0.6) is 0 Å². The zero-order valence-electron chi connectivity index (χ0n) is 14.5. The van der Waals surface area contributed by atoms with Crippen LogP contribution in [-0.2, 0) is 9.47 Å². The summed E-state index contributed by atoms with van der Waals surface area (Å²) >= 11 is 0. The highest BCUT2D eigenvalue weighted by molar-refractivity contribution is 6.05. The lowest BCUT2D eigenvalue weighted by molar-refractivity contribution is 0.0600. The number of ether oxygens (including phenoxy) is 2. The number of carbonyl (C=O) groups is 2. The van der Waals surface area contributed by atoms with Crippen molar-refractivity contribution in [2.24, 2.45) is 0 Å². The summed E-state index contributed by atoms with van der Waals surface area (Å²) in [7, 11) is 1.32. The second kappa shape index (κ2) is 8.44. The fraction of sp³-hybridized carbons (Fsp3) is 0.316. The summed E-state index contributed by atoms with van der Waals surface area (Å²) in [6, 6.07) is 9.92. The predicted molar refractivity (Wildman–Crippen MR) is 97.4 cm³/mol. The topological polar surface area (TPSA) is 89.5 Å². The van der Waals surface area contributed by atoms with E-state index in [1.54, 1.807) is 42.6 Å². The van der Waals surface area contributed by atoms with Crippen molar-refractivity contribution in [3.8, 4) is 0 Å². The monoisotopic (exact) mass is 355 g/mol. The van der Waals surface area contributed by atoms with Gasteiger partial charge in [-0.1, -0.05) is 6.07 Å². The molecule has 0 radical (unpaired) electrons. The van der Waals surface area contributed by atoms with E-state index >= 15 is 0 Å². The second-order valence-electron chi connectivity index (χ2n) is 5.97. The zero-order valence-corrected chi connectivity index (χ0v) is 14.5. The zero-order chi connectivity index (χ0) is 18.4. The van der Waals surface area contributed by atoms with Gasteiger partial charge in [-0.05, 0) is 43.2 Å². The van der Waals surface area contributed by atoms with Crippen molar-refractivity contribution in [2.45, 2.75) is 18.9 Å². The van der Waals surface area contributed by atoms with Crippen molar-refractivity contribution < 1.29 is 19.1 Å². The minimum absolute atomic E-state index is 0.190. The molecule has 0 saturated carbocycles. The van der Waals surface area contributed by atoms with Gasteiger partial charge in [0.1, 0.15) is 5.82 Å². The molecule has 136 valence electrons. The van der Waals surface area contributed by atoms with Crippen molar-refractivity contribution in [2.75, 3.05) is 30.9 Å². The summed E-state index contributed by atoms with van der Waals surface area (Å²) in [5.41, 5.74) is 1.36. The molecule has 1 atom stereocenters. The van der Waals surface area contributed by atoms with Crippen LogP contribution in [0.3, 0.4) is 0 Å². The van der Waals surface area contributed by atoms with Crippen molar-refractivity contribution >= 4 is 23.4 Å². The molecule has 1 aliphatic rings. The molecule has 1 saturated heterocycles. The number of esters is 1. The maximum atomic E-state index is 12.5. The van der Waals surface area contributed by atoms with E-state index in [-0.39, 0.29) is 12.0 Å². The Morgan fingerprint density at radius 2 is 2.15 bits per heavy atom. The van der Waals surface area contributed by atoms with Gasteiger partial charge in [0.05, 0.1) is 18.8 Å². The van der Waals surface area contributed by atoms with E-state index in [1.807, 2.05) is 0 Å². The fourth-order valence-corrected chi connectivity index (χ4v) is 2.74. The Morgan fingerprint density at radius 1 is 1.27 bits per heavy atom. The van der Waals surface area contributed by atoms with E-state index in [9.17, 15) is 9.59 Å². The predicted octanol–water partition coefficient (Wildman–Crippen LogP) is 2.71. The summed E-state index contributed by atoms with van der Waals surface area (Å²) in [5.74, 6) is -0.114. The fourth-order valence-electron chi connectivity index (χ4n) is 2.74. The van der Waals surface area contributed by atoms with Crippen molar-refractivity contribution in [1.82, 2.24) is 4.98 Å². The Kier molecular flexibility index (Phi) is 5.80. The highest BCUT2D eigenvalue weighted by Crippen LogP contribution is 2.16. The van der Waals surface area contributed by atoms with Gasteiger partial charge < -0.3 is 20.1 Å². The maximum Gasteiger partial charge on any atom is 0.337 e. The third kappa shape index (κ3) is 4.58. The highest BCUT2D eigenvalue weighted by Gasteiger charge is 2.15. The summed E-state index contributed by atoms with van der Waals surface area (Å²) in [4.78, 5) is 28.3. The molecule has 7 heteroatoms. The van der Waals surface area contributed by atoms with E-state index in [4.69, 9.17) is 4.74 Å². The highest BCUT2D eigenvalue weighted by atomic mass is 16.5. The number of methoxy groups -OCH3 is 1. The van der Waals surface area contributed by atoms with Crippen LogP contribution in [0.4, 0.5) is 11.5 Å². The average Bonchev–Trinajstić information content (AvgIpc) is 3.20. The molecule has 2 aromatic rings. The third-order valence-electron chi connectivity index (χ3n) is 4.10. The Hall–Kier alpha value is -2.93. The molecule has 1 aliphatic heterocycles. The third-order valence-corrected chi connectivity index (χ3v) is 4.10. The van der Waals surface area contributed by atoms with Gasteiger partial charge >= 0.3 is 5.97 Å². The van der Waals surface area contributed by atoms with Crippen LogP contribution in [-0.4, -0.2) is 43.2 Å². The molecule has 1 unspecified atom stereocenters. The van der Waals surface area contributed by atoms with Gasteiger partial charge in [-0.25, -0.2) is 9.78 Å². The van der Waals surface area contributed by atoms with Gasteiger partial charge in [0, 0.05) is 30.6 Å². The van der Waals surface area contributed by atoms with E-state index in [2.05, 4.69) is 20.4 Å². The number of nitrogens with zero attached hydrogens (tertiary/aromatic N) is 1. The number of amides is 1. The summed E-state index contributed by atoms with van der Waals surface area (Å²) < 4.78 is 10.3. The van der Waals surface area contributed by atoms with E-state index < -0.39 is 5.97 Å². The SMILES string of the molecule is COC(=O)c1cccc(NC(=O)c2ccnc(NCC3CCCO3)c2)c1. The molecule has 3 rings (SSSR count). The maximum absolute atomic E-state index is 12.5. The number of hydrogen-bond donors (Lipinski definition) is 2. The molecular weight excluding hydrogens is 334 g/mol. The Labute approximate surface area is 151 Å². The van der Waals surface area contributed by atoms with Crippen molar-refractivity contribution in [3.63, 3.8) is 0 Å². The number of pyridine rings is 1. The number of rotatable bonds is 6. The van der Waals surface area contributed by atoms with Gasteiger partial charge in [0.15, 0.2) is 0 Å². The molecule has 26 heavy (non-hydrogen) atoms. The summed E-state index contributed by atoms with van der Waals surface area (Å²) in [6.45, 7) is 1.46.